The lowest BCUT2D eigenvalue weighted by molar-refractivity contribution is -0.114. The lowest BCUT2D eigenvalue weighted by Gasteiger charge is -2.04. The number of pyridine rings is 1. The van der Waals surface area contributed by atoms with Crippen LogP contribution in [0.25, 0.3) is 0 Å². The van der Waals surface area contributed by atoms with Crippen molar-refractivity contribution in [3.05, 3.63) is 59.9 Å². The minimum Gasteiger partial charge on any atom is -0.326 e. The van der Waals surface area contributed by atoms with Gasteiger partial charge in [-0.3, -0.25) is 14.6 Å². The van der Waals surface area contributed by atoms with Gasteiger partial charge < -0.3 is 5.32 Å². The maximum absolute atomic E-state index is 12.1. The van der Waals surface area contributed by atoms with E-state index < -0.39 is 0 Å². The van der Waals surface area contributed by atoms with Crippen LogP contribution in [0.1, 0.15) is 22.8 Å². The SMILES string of the molecule is CC(=O)Nc1ccc(C(=O)c2cccnc2)cc1. The standard InChI is InChI=1S/C14H12N2O2/c1-10(17)16-13-6-4-11(5-7-13)14(18)12-3-2-8-15-9-12/h2-9H,1H3,(H,16,17). The van der Waals surface area contributed by atoms with Gasteiger partial charge in [0.05, 0.1) is 0 Å². The first kappa shape index (κ1) is 12.0. The predicted octanol–water partition coefficient (Wildman–Crippen LogP) is 2.27. The Morgan fingerprint density at radius 1 is 1.06 bits per heavy atom. The fourth-order valence-corrected chi connectivity index (χ4v) is 1.57. The summed E-state index contributed by atoms with van der Waals surface area (Å²) in [4.78, 5) is 26.8. The van der Waals surface area contributed by atoms with Gasteiger partial charge in [0.1, 0.15) is 0 Å². The normalized spacial score (nSPS) is 9.83. The quantitative estimate of drug-likeness (QED) is 0.837. The molecule has 4 nitrogen and oxygen atoms in total. The van der Waals surface area contributed by atoms with Crippen LogP contribution in [0.5, 0.6) is 0 Å². The van der Waals surface area contributed by atoms with Gasteiger partial charge in [0.2, 0.25) is 5.91 Å². The molecule has 1 amide bonds. The Hall–Kier alpha value is -2.49. The first-order chi connectivity index (χ1) is 8.66. The zero-order chi connectivity index (χ0) is 13.0. The van der Waals surface area contributed by atoms with Crippen LogP contribution in [0.2, 0.25) is 0 Å². The molecule has 1 heterocycles. The van der Waals surface area contributed by atoms with E-state index in [0.29, 0.717) is 16.8 Å². The predicted molar refractivity (Wildman–Crippen MR) is 68.4 cm³/mol. The molecule has 2 aromatic rings. The van der Waals surface area contributed by atoms with Gasteiger partial charge in [-0.1, -0.05) is 0 Å². The fourth-order valence-electron chi connectivity index (χ4n) is 1.57. The van der Waals surface area contributed by atoms with Crippen LogP contribution in [0.4, 0.5) is 5.69 Å². The summed E-state index contributed by atoms with van der Waals surface area (Å²) in [6.07, 6.45) is 3.15. The van der Waals surface area contributed by atoms with Crippen molar-refractivity contribution in [1.29, 1.82) is 0 Å². The third-order valence-corrected chi connectivity index (χ3v) is 2.39. The van der Waals surface area contributed by atoms with Crippen LogP contribution in [-0.4, -0.2) is 16.7 Å². The molecule has 0 saturated heterocycles. The van der Waals surface area contributed by atoms with Gasteiger partial charge in [-0.15, -0.1) is 0 Å². The van der Waals surface area contributed by atoms with Gasteiger partial charge in [0.25, 0.3) is 0 Å². The summed E-state index contributed by atoms with van der Waals surface area (Å²) in [5.41, 5.74) is 1.78. The molecule has 2 rings (SSSR count). The number of nitrogens with one attached hydrogen (secondary N) is 1. The van der Waals surface area contributed by atoms with Crippen molar-refractivity contribution < 1.29 is 9.59 Å². The summed E-state index contributed by atoms with van der Waals surface area (Å²) in [6.45, 7) is 1.44. The highest BCUT2D eigenvalue weighted by Crippen LogP contribution is 2.13. The Morgan fingerprint density at radius 2 is 1.78 bits per heavy atom. The number of carbonyl (C=O) groups excluding carboxylic acids is 2. The van der Waals surface area contributed by atoms with Crippen molar-refractivity contribution in [2.24, 2.45) is 0 Å². The number of carbonyl (C=O) groups is 2. The summed E-state index contributed by atoms with van der Waals surface area (Å²) in [5, 5.41) is 2.65. The molecule has 1 aromatic carbocycles. The van der Waals surface area contributed by atoms with Crippen LogP contribution >= 0.6 is 0 Å². The van der Waals surface area contributed by atoms with Crippen LogP contribution in [0.15, 0.2) is 48.8 Å². The first-order valence-electron chi connectivity index (χ1n) is 5.49. The van der Waals surface area contributed by atoms with E-state index in [9.17, 15) is 9.59 Å². The zero-order valence-electron chi connectivity index (χ0n) is 9.88. The molecule has 0 fully saturated rings. The topological polar surface area (TPSA) is 59.1 Å². The summed E-state index contributed by atoms with van der Waals surface area (Å²) in [5.74, 6) is -0.223. The van der Waals surface area contributed by atoms with Crippen molar-refractivity contribution in [2.45, 2.75) is 6.92 Å². The highest BCUT2D eigenvalue weighted by Gasteiger charge is 2.08. The summed E-state index contributed by atoms with van der Waals surface area (Å²) >= 11 is 0. The number of aromatic nitrogens is 1. The number of ketones is 1. The number of amides is 1. The second-order valence-electron chi connectivity index (χ2n) is 3.83. The molecule has 0 aliphatic rings. The maximum atomic E-state index is 12.1. The fraction of sp³-hybridized carbons (Fsp3) is 0.0714. The average Bonchev–Trinajstić information content (AvgIpc) is 2.39. The summed E-state index contributed by atoms with van der Waals surface area (Å²) in [7, 11) is 0. The number of hydrogen-bond acceptors (Lipinski definition) is 3. The summed E-state index contributed by atoms with van der Waals surface area (Å²) < 4.78 is 0. The van der Waals surface area contributed by atoms with Gasteiger partial charge in [-0.05, 0) is 36.4 Å². The van der Waals surface area contributed by atoms with Crippen LogP contribution in [0, 0.1) is 0 Å². The van der Waals surface area contributed by atoms with Gasteiger partial charge in [0.15, 0.2) is 5.78 Å². The molecule has 4 heteroatoms. The lowest BCUT2D eigenvalue weighted by atomic mass is 10.0. The van der Waals surface area contributed by atoms with Crippen molar-refractivity contribution >= 4 is 17.4 Å². The lowest BCUT2D eigenvalue weighted by Crippen LogP contribution is -2.06. The molecular weight excluding hydrogens is 228 g/mol. The largest absolute Gasteiger partial charge is 0.326 e. The van der Waals surface area contributed by atoms with Crippen molar-refractivity contribution in [2.75, 3.05) is 5.32 Å². The summed E-state index contributed by atoms with van der Waals surface area (Å²) in [6, 6.07) is 10.2. The molecule has 0 saturated carbocycles. The molecule has 1 aromatic heterocycles. The molecule has 0 atom stereocenters. The molecule has 18 heavy (non-hydrogen) atoms. The molecule has 0 aliphatic carbocycles. The maximum Gasteiger partial charge on any atom is 0.221 e. The van der Waals surface area contributed by atoms with Crippen molar-refractivity contribution in [3.63, 3.8) is 0 Å². The third kappa shape index (κ3) is 2.79. The second-order valence-corrected chi connectivity index (χ2v) is 3.83. The monoisotopic (exact) mass is 240 g/mol. The molecule has 90 valence electrons. The molecular formula is C14H12N2O2. The number of anilines is 1. The molecule has 0 unspecified atom stereocenters. The van der Waals surface area contributed by atoms with E-state index >= 15 is 0 Å². The van der Waals surface area contributed by atoms with E-state index in [1.54, 1.807) is 42.6 Å². The Balaban J connectivity index is 2.20. The van der Waals surface area contributed by atoms with E-state index in [1.807, 2.05) is 0 Å². The van der Waals surface area contributed by atoms with Gasteiger partial charge in [-0.25, -0.2) is 0 Å². The van der Waals surface area contributed by atoms with Crippen LogP contribution in [0.3, 0.4) is 0 Å². The second kappa shape index (κ2) is 5.23. The highest BCUT2D eigenvalue weighted by atomic mass is 16.1. The van der Waals surface area contributed by atoms with Crippen LogP contribution < -0.4 is 5.32 Å². The van der Waals surface area contributed by atoms with E-state index in [1.165, 1.54) is 13.1 Å². The minimum atomic E-state index is -0.138. The molecule has 0 spiro atoms. The van der Waals surface area contributed by atoms with E-state index in [4.69, 9.17) is 0 Å². The van der Waals surface area contributed by atoms with E-state index in [2.05, 4.69) is 10.3 Å². The molecule has 0 bridgehead atoms. The molecule has 0 aliphatic heterocycles. The van der Waals surface area contributed by atoms with Gasteiger partial charge in [0, 0.05) is 36.1 Å². The molecule has 0 radical (unpaired) electrons. The number of rotatable bonds is 3. The number of hydrogen-bond donors (Lipinski definition) is 1. The number of benzene rings is 1. The zero-order valence-corrected chi connectivity index (χ0v) is 9.88. The third-order valence-electron chi connectivity index (χ3n) is 2.39. The molecule has 1 N–H and O–H groups in total. The number of nitrogens with zero attached hydrogens (tertiary/aromatic N) is 1. The van der Waals surface area contributed by atoms with E-state index in [0.717, 1.165) is 0 Å². The Labute approximate surface area is 105 Å². The average molecular weight is 240 g/mol. The van der Waals surface area contributed by atoms with E-state index in [-0.39, 0.29) is 11.7 Å². The van der Waals surface area contributed by atoms with Crippen LogP contribution in [-0.2, 0) is 4.79 Å². The van der Waals surface area contributed by atoms with Gasteiger partial charge >= 0.3 is 0 Å². The first-order valence-corrected chi connectivity index (χ1v) is 5.49. The highest BCUT2D eigenvalue weighted by molar-refractivity contribution is 6.09. The Bertz CT molecular complexity index is 562. The Morgan fingerprint density at radius 3 is 2.33 bits per heavy atom. The minimum absolute atomic E-state index is 0.0857. The smallest absolute Gasteiger partial charge is 0.221 e. The van der Waals surface area contributed by atoms with Crippen molar-refractivity contribution in [1.82, 2.24) is 4.98 Å². The van der Waals surface area contributed by atoms with Gasteiger partial charge in [-0.2, -0.15) is 0 Å². The Kier molecular flexibility index (Phi) is 3.48. The van der Waals surface area contributed by atoms with Crippen molar-refractivity contribution in [3.8, 4) is 0 Å².